The second-order valence-electron chi connectivity index (χ2n) is 5.24. The molecule has 118 valence electrons. The SMILES string of the molecule is COCCNC(=O)CSc1nc(C)nc2sc3c(c12)CCC3. The molecule has 7 heteroatoms. The number of methoxy groups -OCH3 is 1. The average Bonchev–Trinajstić information content (AvgIpc) is 3.05. The van der Waals surface area contributed by atoms with E-state index < -0.39 is 0 Å². The molecule has 0 unspecified atom stereocenters. The molecule has 3 rings (SSSR count). The van der Waals surface area contributed by atoms with Crippen LogP contribution in [0.5, 0.6) is 0 Å². The maximum Gasteiger partial charge on any atom is 0.230 e. The maximum absolute atomic E-state index is 11.9. The quantitative estimate of drug-likeness (QED) is 0.498. The molecule has 2 aromatic heterocycles. The molecule has 1 N–H and O–H groups in total. The van der Waals surface area contributed by atoms with Crippen LogP contribution in [0.4, 0.5) is 0 Å². The minimum absolute atomic E-state index is 0.0124. The summed E-state index contributed by atoms with van der Waals surface area (Å²) in [5.41, 5.74) is 1.40. The van der Waals surface area contributed by atoms with E-state index in [2.05, 4.69) is 15.3 Å². The summed E-state index contributed by atoms with van der Waals surface area (Å²) in [4.78, 5) is 23.5. The van der Waals surface area contributed by atoms with E-state index in [1.807, 2.05) is 6.92 Å². The summed E-state index contributed by atoms with van der Waals surface area (Å²) in [6.45, 7) is 2.99. The first-order valence-corrected chi connectivity index (χ1v) is 9.16. The molecular weight excluding hydrogens is 318 g/mol. The van der Waals surface area contributed by atoms with Crippen LogP contribution < -0.4 is 5.32 Å². The van der Waals surface area contributed by atoms with Crippen molar-refractivity contribution >= 4 is 39.2 Å². The summed E-state index contributed by atoms with van der Waals surface area (Å²) >= 11 is 3.29. The van der Waals surface area contributed by atoms with Crippen LogP contribution in [0.2, 0.25) is 0 Å². The average molecular weight is 337 g/mol. The number of hydrogen-bond acceptors (Lipinski definition) is 6. The summed E-state index contributed by atoms with van der Waals surface area (Å²) in [5.74, 6) is 1.16. The molecule has 0 radical (unpaired) electrons. The van der Waals surface area contributed by atoms with Gasteiger partial charge in [-0.2, -0.15) is 0 Å². The highest BCUT2D eigenvalue weighted by molar-refractivity contribution is 8.00. The summed E-state index contributed by atoms with van der Waals surface area (Å²) in [6.07, 6.45) is 3.47. The lowest BCUT2D eigenvalue weighted by molar-refractivity contribution is -0.118. The van der Waals surface area contributed by atoms with Crippen molar-refractivity contribution in [3.63, 3.8) is 0 Å². The fourth-order valence-electron chi connectivity index (χ4n) is 2.65. The molecule has 1 aliphatic carbocycles. The van der Waals surface area contributed by atoms with Crippen molar-refractivity contribution in [2.45, 2.75) is 31.2 Å². The fourth-order valence-corrected chi connectivity index (χ4v) is 4.95. The molecule has 0 fully saturated rings. The van der Waals surface area contributed by atoms with Gasteiger partial charge in [-0.3, -0.25) is 4.79 Å². The number of aromatic nitrogens is 2. The van der Waals surface area contributed by atoms with E-state index in [-0.39, 0.29) is 5.91 Å². The van der Waals surface area contributed by atoms with Gasteiger partial charge in [-0.25, -0.2) is 9.97 Å². The number of nitrogens with one attached hydrogen (secondary N) is 1. The van der Waals surface area contributed by atoms with E-state index in [9.17, 15) is 4.79 Å². The van der Waals surface area contributed by atoms with Crippen molar-refractivity contribution in [1.29, 1.82) is 0 Å². The molecule has 1 aliphatic rings. The number of fused-ring (bicyclic) bond motifs is 3. The van der Waals surface area contributed by atoms with Gasteiger partial charge in [0, 0.05) is 23.9 Å². The molecule has 0 bridgehead atoms. The van der Waals surface area contributed by atoms with Gasteiger partial charge in [0.05, 0.1) is 12.4 Å². The molecule has 0 aliphatic heterocycles. The highest BCUT2D eigenvalue weighted by atomic mass is 32.2. The summed E-state index contributed by atoms with van der Waals surface area (Å²) in [7, 11) is 1.62. The molecule has 0 saturated carbocycles. The highest BCUT2D eigenvalue weighted by Crippen LogP contribution is 2.40. The Hall–Kier alpha value is -1.18. The first-order valence-electron chi connectivity index (χ1n) is 7.36. The lowest BCUT2D eigenvalue weighted by Gasteiger charge is -2.06. The Morgan fingerprint density at radius 3 is 3.09 bits per heavy atom. The lowest BCUT2D eigenvalue weighted by atomic mass is 10.2. The van der Waals surface area contributed by atoms with Gasteiger partial charge in [-0.15, -0.1) is 11.3 Å². The molecule has 0 atom stereocenters. The number of carbonyl (C=O) groups excluding carboxylic acids is 1. The highest BCUT2D eigenvalue weighted by Gasteiger charge is 2.22. The Morgan fingerprint density at radius 2 is 2.27 bits per heavy atom. The van der Waals surface area contributed by atoms with E-state index in [4.69, 9.17) is 4.74 Å². The van der Waals surface area contributed by atoms with E-state index in [0.29, 0.717) is 18.9 Å². The molecular formula is C15H19N3O2S2. The number of hydrogen-bond donors (Lipinski definition) is 1. The van der Waals surface area contributed by atoms with Gasteiger partial charge >= 0.3 is 0 Å². The van der Waals surface area contributed by atoms with Gasteiger partial charge in [0.1, 0.15) is 15.7 Å². The molecule has 2 aromatic rings. The minimum Gasteiger partial charge on any atom is -0.383 e. The van der Waals surface area contributed by atoms with Gasteiger partial charge in [0.15, 0.2) is 0 Å². The van der Waals surface area contributed by atoms with Crippen LogP contribution in [0, 0.1) is 6.92 Å². The van der Waals surface area contributed by atoms with Crippen molar-refractivity contribution in [1.82, 2.24) is 15.3 Å². The Labute approximate surface area is 137 Å². The maximum atomic E-state index is 11.9. The third kappa shape index (κ3) is 3.26. The van der Waals surface area contributed by atoms with Crippen molar-refractivity contribution in [3.8, 4) is 0 Å². The standard InChI is InChI=1S/C15H19N3O2S2/c1-9-17-14(21-8-12(19)16-6-7-20-2)13-10-4-3-5-11(10)22-15(13)18-9/h3-8H2,1-2H3,(H,16,19). The van der Waals surface area contributed by atoms with Gasteiger partial charge in [-0.1, -0.05) is 11.8 Å². The van der Waals surface area contributed by atoms with Crippen LogP contribution in [-0.4, -0.2) is 41.9 Å². The molecule has 0 aromatic carbocycles. The van der Waals surface area contributed by atoms with Crippen LogP contribution in [0.3, 0.4) is 0 Å². The van der Waals surface area contributed by atoms with Gasteiger partial charge in [-0.05, 0) is 31.7 Å². The topological polar surface area (TPSA) is 64.1 Å². The zero-order valence-corrected chi connectivity index (χ0v) is 14.4. The van der Waals surface area contributed by atoms with Gasteiger partial charge in [0.2, 0.25) is 5.91 Å². The predicted octanol–water partition coefficient (Wildman–Crippen LogP) is 2.34. The Kier molecular flexibility index (Phi) is 4.95. The summed E-state index contributed by atoms with van der Waals surface area (Å²) in [6, 6.07) is 0. The van der Waals surface area contributed by atoms with Crippen LogP contribution in [0.15, 0.2) is 5.03 Å². The third-order valence-corrected chi connectivity index (χ3v) is 5.77. The Morgan fingerprint density at radius 1 is 1.41 bits per heavy atom. The number of thioether (sulfide) groups is 1. The number of thiophene rings is 1. The first-order chi connectivity index (χ1) is 10.7. The van der Waals surface area contributed by atoms with E-state index >= 15 is 0 Å². The van der Waals surface area contributed by atoms with Crippen molar-refractivity contribution < 1.29 is 9.53 Å². The van der Waals surface area contributed by atoms with Crippen molar-refractivity contribution in [3.05, 3.63) is 16.3 Å². The zero-order valence-electron chi connectivity index (χ0n) is 12.8. The molecule has 1 amide bonds. The number of rotatable bonds is 6. The molecule has 5 nitrogen and oxygen atoms in total. The number of aryl methyl sites for hydroxylation is 3. The Balaban J connectivity index is 1.77. The smallest absolute Gasteiger partial charge is 0.230 e. The number of ether oxygens (including phenoxy) is 1. The van der Waals surface area contributed by atoms with Crippen LogP contribution >= 0.6 is 23.1 Å². The summed E-state index contributed by atoms with van der Waals surface area (Å²) < 4.78 is 4.93. The van der Waals surface area contributed by atoms with Gasteiger partial charge in [0.25, 0.3) is 0 Å². The molecule has 2 heterocycles. The molecule has 22 heavy (non-hydrogen) atoms. The molecule has 0 spiro atoms. The predicted molar refractivity (Wildman–Crippen MR) is 89.8 cm³/mol. The third-order valence-electron chi connectivity index (χ3n) is 3.61. The minimum atomic E-state index is 0.0124. The normalized spacial score (nSPS) is 13.5. The van der Waals surface area contributed by atoms with Crippen LogP contribution in [-0.2, 0) is 22.4 Å². The molecule has 0 saturated heterocycles. The second-order valence-corrected chi connectivity index (χ2v) is 7.29. The zero-order chi connectivity index (χ0) is 15.5. The number of nitrogens with zero attached hydrogens (tertiary/aromatic N) is 2. The first kappa shape index (κ1) is 15.7. The lowest BCUT2D eigenvalue weighted by Crippen LogP contribution is -2.28. The van der Waals surface area contributed by atoms with Crippen LogP contribution in [0.1, 0.15) is 22.7 Å². The largest absolute Gasteiger partial charge is 0.383 e. The monoisotopic (exact) mass is 337 g/mol. The second kappa shape index (κ2) is 6.93. The van der Waals surface area contributed by atoms with Crippen molar-refractivity contribution in [2.75, 3.05) is 26.0 Å². The summed E-state index contributed by atoms with van der Waals surface area (Å²) in [5, 5.41) is 4.96. The van der Waals surface area contributed by atoms with E-state index in [1.54, 1.807) is 18.4 Å². The van der Waals surface area contributed by atoms with E-state index in [0.717, 1.165) is 28.5 Å². The van der Waals surface area contributed by atoms with Gasteiger partial charge < -0.3 is 10.1 Å². The van der Waals surface area contributed by atoms with E-state index in [1.165, 1.54) is 34.0 Å². The number of carbonyl (C=O) groups is 1. The fraction of sp³-hybridized carbons (Fsp3) is 0.533. The van der Waals surface area contributed by atoms with Crippen molar-refractivity contribution in [2.24, 2.45) is 0 Å². The number of amides is 1. The van der Waals surface area contributed by atoms with Crippen LogP contribution in [0.25, 0.3) is 10.2 Å². The Bertz CT molecular complexity index is 700.